The smallest absolute Gasteiger partial charge is 0.251 e. The number of pyridine rings is 1. The van der Waals surface area contributed by atoms with E-state index in [0.29, 0.717) is 23.9 Å². The first-order valence-electron chi connectivity index (χ1n) is 6.09. The highest BCUT2D eigenvalue weighted by atomic mass is 35.5. The Morgan fingerprint density at radius 1 is 1.50 bits per heavy atom. The van der Waals surface area contributed by atoms with E-state index in [1.165, 1.54) is 0 Å². The lowest BCUT2D eigenvalue weighted by molar-refractivity contribution is 0.0746. The highest BCUT2D eigenvalue weighted by molar-refractivity contribution is 6.29. The van der Waals surface area contributed by atoms with Gasteiger partial charge in [-0.15, -0.1) is 0 Å². The Morgan fingerprint density at radius 3 is 2.83 bits per heavy atom. The summed E-state index contributed by atoms with van der Waals surface area (Å²) in [5.74, 6) is -0.152. The molecule has 1 heterocycles. The van der Waals surface area contributed by atoms with Crippen LogP contribution in [-0.4, -0.2) is 30.1 Å². The number of carbonyl (C=O) groups excluding carboxylic acids is 1. The molecule has 18 heavy (non-hydrogen) atoms. The lowest BCUT2D eigenvalue weighted by Crippen LogP contribution is -2.28. The Hall–Kier alpha value is -1.13. The van der Waals surface area contributed by atoms with Crippen molar-refractivity contribution < 1.29 is 9.53 Å². The molecule has 1 amide bonds. The molecule has 0 aliphatic heterocycles. The summed E-state index contributed by atoms with van der Waals surface area (Å²) < 4.78 is 5.34. The Bertz CT molecular complexity index is 408. The van der Waals surface area contributed by atoms with Crippen molar-refractivity contribution in [3.63, 3.8) is 0 Å². The maximum Gasteiger partial charge on any atom is 0.251 e. The predicted octanol–water partition coefficient (Wildman–Crippen LogP) is 2.45. The highest BCUT2D eigenvalue weighted by Gasteiger charge is 2.08. The van der Waals surface area contributed by atoms with Crippen molar-refractivity contribution >= 4 is 17.5 Å². The zero-order chi connectivity index (χ0) is 13.5. The van der Waals surface area contributed by atoms with Gasteiger partial charge in [0.05, 0.1) is 12.7 Å². The predicted molar refractivity (Wildman–Crippen MR) is 72.0 cm³/mol. The first-order chi connectivity index (χ1) is 8.52. The molecule has 0 unspecified atom stereocenters. The molecule has 1 aromatic rings. The second-order valence-electron chi connectivity index (χ2n) is 4.20. The number of halogens is 1. The van der Waals surface area contributed by atoms with Gasteiger partial charge in [0.1, 0.15) is 5.15 Å². The fraction of sp³-hybridized carbons (Fsp3) is 0.538. The molecule has 5 heteroatoms. The van der Waals surface area contributed by atoms with Crippen LogP contribution in [0.5, 0.6) is 0 Å². The molecule has 0 bridgehead atoms. The van der Waals surface area contributed by atoms with Gasteiger partial charge in [-0.05, 0) is 32.4 Å². The number of ether oxygens (including phenoxy) is 1. The van der Waals surface area contributed by atoms with Crippen LogP contribution < -0.4 is 5.32 Å². The van der Waals surface area contributed by atoms with Crippen LogP contribution in [-0.2, 0) is 11.2 Å². The summed E-state index contributed by atoms with van der Waals surface area (Å²) in [5.41, 5.74) is 1.35. The summed E-state index contributed by atoms with van der Waals surface area (Å²) in [6.07, 6.45) is 0.918. The number of nitrogens with zero attached hydrogens (tertiary/aromatic N) is 1. The van der Waals surface area contributed by atoms with Crippen molar-refractivity contribution in [2.75, 3.05) is 13.2 Å². The van der Waals surface area contributed by atoms with E-state index in [4.69, 9.17) is 16.3 Å². The molecule has 0 saturated heterocycles. The summed E-state index contributed by atoms with van der Waals surface area (Å²) in [6, 6.07) is 3.32. The van der Waals surface area contributed by atoms with Gasteiger partial charge in [-0.2, -0.15) is 0 Å². The van der Waals surface area contributed by atoms with Crippen molar-refractivity contribution in [1.82, 2.24) is 10.3 Å². The lowest BCUT2D eigenvalue weighted by Gasteiger charge is -2.09. The van der Waals surface area contributed by atoms with Gasteiger partial charge in [0.25, 0.3) is 5.91 Å². The van der Waals surface area contributed by atoms with Crippen molar-refractivity contribution in [3.8, 4) is 0 Å². The lowest BCUT2D eigenvalue weighted by atomic mass is 10.2. The van der Waals surface area contributed by atoms with Crippen LogP contribution in [0.2, 0.25) is 5.15 Å². The van der Waals surface area contributed by atoms with Gasteiger partial charge >= 0.3 is 0 Å². The Kier molecular flexibility index (Phi) is 6.09. The van der Waals surface area contributed by atoms with Crippen molar-refractivity contribution in [3.05, 3.63) is 28.5 Å². The molecule has 100 valence electrons. The van der Waals surface area contributed by atoms with E-state index in [-0.39, 0.29) is 12.0 Å². The first-order valence-corrected chi connectivity index (χ1v) is 6.47. The maximum atomic E-state index is 11.9. The SMILES string of the molecule is CCc1cc(C(=O)NCCOC(C)C)cc(Cl)n1. The van der Waals surface area contributed by atoms with Crippen LogP contribution in [0, 0.1) is 0 Å². The number of hydrogen-bond acceptors (Lipinski definition) is 3. The van der Waals surface area contributed by atoms with Crippen molar-refractivity contribution in [2.45, 2.75) is 33.3 Å². The average Bonchev–Trinajstić information content (AvgIpc) is 2.33. The van der Waals surface area contributed by atoms with Gasteiger partial charge in [-0.1, -0.05) is 18.5 Å². The summed E-state index contributed by atoms with van der Waals surface area (Å²) >= 11 is 5.86. The van der Waals surface area contributed by atoms with E-state index >= 15 is 0 Å². The molecule has 0 spiro atoms. The Balaban J connectivity index is 2.53. The van der Waals surface area contributed by atoms with Crippen molar-refractivity contribution in [1.29, 1.82) is 0 Å². The highest BCUT2D eigenvalue weighted by Crippen LogP contribution is 2.11. The van der Waals surface area contributed by atoms with Crippen LogP contribution >= 0.6 is 11.6 Å². The summed E-state index contributed by atoms with van der Waals surface area (Å²) in [4.78, 5) is 16.0. The quantitative estimate of drug-likeness (QED) is 0.638. The minimum absolute atomic E-state index is 0.152. The third-order valence-electron chi connectivity index (χ3n) is 2.31. The summed E-state index contributed by atoms with van der Waals surface area (Å²) in [7, 11) is 0. The molecule has 0 atom stereocenters. The van der Waals surface area contributed by atoms with E-state index < -0.39 is 0 Å². The largest absolute Gasteiger partial charge is 0.377 e. The van der Waals surface area contributed by atoms with Gasteiger partial charge in [0.2, 0.25) is 0 Å². The fourth-order valence-electron chi connectivity index (χ4n) is 1.42. The molecular formula is C13H19ClN2O2. The number of hydrogen-bond donors (Lipinski definition) is 1. The molecule has 0 saturated carbocycles. The van der Waals surface area contributed by atoms with Gasteiger partial charge < -0.3 is 10.1 Å². The summed E-state index contributed by atoms with van der Waals surface area (Å²) in [6.45, 7) is 6.87. The van der Waals surface area contributed by atoms with Crippen LogP contribution in [0.1, 0.15) is 36.8 Å². The number of aromatic nitrogens is 1. The third kappa shape index (κ3) is 5.02. The number of aryl methyl sites for hydroxylation is 1. The Labute approximate surface area is 113 Å². The molecule has 0 aliphatic rings. The molecule has 1 N–H and O–H groups in total. The molecule has 1 aromatic heterocycles. The Morgan fingerprint density at radius 2 is 2.22 bits per heavy atom. The van der Waals surface area contributed by atoms with E-state index in [0.717, 1.165) is 12.1 Å². The minimum Gasteiger partial charge on any atom is -0.377 e. The number of nitrogens with one attached hydrogen (secondary N) is 1. The standard InChI is InChI=1S/C13H19ClN2O2/c1-4-11-7-10(8-12(14)16-11)13(17)15-5-6-18-9(2)3/h7-9H,4-6H2,1-3H3,(H,15,17). The molecule has 0 radical (unpaired) electrons. The van der Waals surface area contributed by atoms with Gasteiger partial charge in [0.15, 0.2) is 0 Å². The van der Waals surface area contributed by atoms with E-state index in [1.807, 2.05) is 20.8 Å². The number of amides is 1. The molecular weight excluding hydrogens is 252 g/mol. The average molecular weight is 271 g/mol. The maximum absolute atomic E-state index is 11.9. The molecule has 0 aromatic carbocycles. The van der Waals surface area contributed by atoms with Gasteiger partial charge in [0, 0.05) is 17.8 Å². The number of carbonyl (C=O) groups is 1. The van der Waals surface area contributed by atoms with Gasteiger partial charge in [-0.3, -0.25) is 4.79 Å². The zero-order valence-corrected chi connectivity index (χ0v) is 11.8. The monoisotopic (exact) mass is 270 g/mol. The third-order valence-corrected chi connectivity index (χ3v) is 2.50. The van der Waals surface area contributed by atoms with E-state index in [9.17, 15) is 4.79 Å². The topological polar surface area (TPSA) is 51.2 Å². The van der Waals surface area contributed by atoms with E-state index in [2.05, 4.69) is 10.3 Å². The zero-order valence-electron chi connectivity index (χ0n) is 11.0. The van der Waals surface area contributed by atoms with Crippen LogP contribution in [0.3, 0.4) is 0 Å². The second kappa shape index (κ2) is 7.34. The van der Waals surface area contributed by atoms with Gasteiger partial charge in [-0.25, -0.2) is 4.98 Å². The second-order valence-corrected chi connectivity index (χ2v) is 4.59. The van der Waals surface area contributed by atoms with Crippen molar-refractivity contribution in [2.24, 2.45) is 0 Å². The molecule has 0 fully saturated rings. The summed E-state index contributed by atoms with van der Waals surface area (Å²) in [5, 5.41) is 3.13. The van der Waals surface area contributed by atoms with Crippen LogP contribution in [0.15, 0.2) is 12.1 Å². The van der Waals surface area contributed by atoms with Crippen LogP contribution in [0.25, 0.3) is 0 Å². The number of rotatable bonds is 6. The molecule has 0 aliphatic carbocycles. The molecule has 4 nitrogen and oxygen atoms in total. The minimum atomic E-state index is -0.152. The normalized spacial score (nSPS) is 10.7. The van der Waals surface area contributed by atoms with E-state index in [1.54, 1.807) is 12.1 Å². The first kappa shape index (κ1) is 14.9. The fourth-order valence-corrected chi connectivity index (χ4v) is 1.65. The van der Waals surface area contributed by atoms with Crippen LogP contribution in [0.4, 0.5) is 0 Å². The molecule has 1 rings (SSSR count).